The van der Waals surface area contributed by atoms with Gasteiger partial charge in [0.25, 0.3) is 5.91 Å². The molecule has 3 rings (SSSR count). The summed E-state index contributed by atoms with van der Waals surface area (Å²) in [5.74, 6) is 1.10. The van der Waals surface area contributed by atoms with Crippen LogP contribution in [0.2, 0.25) is 0 Å². The third-order valence-electron chi connectivity index (χ3n) is 3.93. The maximum atomic E-state index is 12.9. The van der Waals surface area contributed by atoms with Crippen molar-refractivity contribution in [2.75, 3.05) is 18.6 Å². The zero-order chi connectivity index (χ0) is 19.4. The molecule has 1 saturated heterocycles. The van der Waals surface area contributed by atoms with Crippen LogP contribution in [0.15, 0.2) is 60.0 Å². The Morgan fingerprint density at radius 3 is 2.59 bits per heavy atom. The largest absolute Gasteiger partial charge is 0.493 e. The topological polar surface area (TPSA) is 38.8 Å². The second-order valence-corrected chi connectivity index (χ2v) is 7.54. The fraction of sp³-hybridized carbons (Fsp3) is 0.143. The van der Waals surface area contributed by atoms with Crippen LogP contribution in [0.25, 0.3) is 6.08 Å². The van der Waals surface area contributed by atoms with Crippen molar-refractivity contribution in [1.82, 2.24) is 0 Å². The number of hydrogen-bond acceptors (Lipinski definition) is 5. The molecule has 0 unspecified atom stereocenters. The van der Waals surface area contributed by atoms with E-state index in [1.54, 1.807) is 18.1 Å². The Kier molecular flexibility index (Phi) is 5.98. The van der Waals surface area contributed by atoms with Crippen LogP contribution in [0.5, 0.6) is 11.5 Å². The van der Waals surface area contributed by atoms with Gasteiger partial charge >= 0.3 is 0 Å². The maximum absolute atomic E-state index is 12.9. The molecule has 0 aliphatic carbocycles. The molecule has 27 heavy (non-hydrogen) atoms. The number of thiocarbonyl (C=S) groups is 1. The molecule has 1 aliphatic rings. The van der Waals surface area contributed by atoms with Crippen molar-refractivity contribution in [2.24, 2.45) is 0 Å². The predicted octanol–water partition coefficient (Wildman–Crippen LogP) is 4.97. The number of nitrogens with zero attached hydrogens (tertiary/aromatic N) is 1. The van der Waals surface area contributed by atoms with Crippen LogP contribution >= 0.6 is 24.0 Å². The van der Waals surface area contributed by atoms with E-state index in [4.69, 9.17) is 21.7 Å². The summed E-state index contributed by atoms with van der Waals surface area (Å²) < 4.78 is 11.5. The second-order valence-electron chi connectivity index (χ2n) is 5.86. The number of amides is 1. The van der Waals surface area contributed by atoms with Gasteiger partial charge in [0.2, 0.25) is 0 Å². The maximum Gasteiger partial charge on any atom is 0.270 e. The van der Waals surface area contributed by atoms with E-state index in [0.717, 1.165) is 16.8 Å². The van der Waals surface area contributed by atoms with Gasteiger partial charge in [0.15, 0.2) is 15.8 Å². The van der Waals surface area contributed by atoms with Gasteiger partial charge in [-0.25, -0.2) is 0 Å². The molecular formula is C21H19NO3S2. The molecule has 0 atom stereocenters. The average molecular weight is 398 g/mol. The highest BCUT2D eigenvalue weighted by Crippen LogP contribution is 2.37. The molecule has 1 amide bonds. The highest BCUT2D eigenvalue weighted by atomic mass is 32.2. The number of carbonyl (C=O) groups is 1. The van der Waals surface area contributed by atoms with Crippen LogP contribution in [0, 0.1) is 6.92 Å². The van der Waals surface area contributed by atoms with Crippen molar-refractivity contribution in [1.29, 1.82) is 0 Å². The molecule has 1 heterocycles. The SMILES string of the molecule is C=CCOc1ccc(/C=C2\SC(=S)N(c3ccc(C)cc3)C2=O)cc1OC. The van der Waals surface area contributed by atoms with Crippen molar-refractivity contribution in [3.63, 3.8) is 0 Å². The summed E-state index contributed by atoms with van der Waals surface area (Å²) in [7, 11) is 1.58. The lowest BCUT2D eigenvalue weighted by Gasteiger charge is -2.14. The quantitative estimate of drug-likeness (QED) is 0.391. The predicted molar refractivity (Wildman–Crippen MR) is 116 cm³/mol. The minimum atomic E-state index is -0.125. The van der Waals surface area contributed by atoms with Gasteiger partial charge in [0.05, 0.1) is 17.7 Å². The van der Waals surface area contributed by atoms with Crippen molar-refractivity contribution in [3.05, 3.63) is 71.2 Å². The monoisotopic (exact) mass is 397 g/mol. The van der Waals surface area contributed by atoms with E-state index in [1.807, 2.05) is 55.5 Å². The van der Waals surface area contributed by atoms with Crippen molar-refractivity contribution >= 4 is 46.0 Å². The van der Waals surface area contributed by atoms with Crippen LogP contribution in [-0.2, 0) is 4.79 Å². The highest BCUT2D eigenvalue weighted by Gasteiger charge is 2.33. The van der Waals surface area contributed by atoms with Gasteiger partial charge in [0.1, 0.15) is 6.61 Å². The summed E-state index contributed by atoms with van der Waals surface area (Å²) >= 11 is 6.71. The van der Waals surface area contributed by atoms with Crippen LogP contribution in [0.4, 0.5) is 5.69 Å². The van der Waals surface area contributed by atoms with Crippen LogP contribution in [-0.4, -0.2) is 23.9 Å². The lowest BCUT2D eigenvalue weighted by Crippen LogP contribution is -2.27. The van der Waals surface area contributed by atoms with Crippen molar-refractivity contribution in [3.8, 4) is 11.5 Å². The first kappa shape index (κ1) is 19.2. The third-order valence-corrected chi connectivity index (χ3v) is 5.23. The molecule has 6 heteroatoms. The van der Waals surface area contributed by atoms with E-state index in [0.29, 0.717) is 27.3 Å². The molecule has 0 bridgehead atoms. The van der Waals surface area contributed by atoms with Gasteiger partial charge in [-0.1, -0.05) is 60.4 Å². The van der Waals surface area contributed by atoms with E-state index < -0.39 is 0 Å². The minimum Gasteiger partial charge on any atom is -0.493 e. The zero-order valence-electron chi connectivity index (χ0n) is 15.1. The van der Waals surface area contributed by atoms with E-state index in [9.17, 15) is 4.79 Å². The van der Waals surface area contributed by atoms with Crippen LogP contribution < -0.4 is 14.4 Å². The summed E-state index contributed by atoms with van der Waals surface area (Å²) in [5, 5.41) is 0. The number of benzene rings is 2. The fourth-order valence-corrected chi connectivity index (χ4v) is 3.88. The molecule has 1 fully saturated rings. The first-order chi connectivity index (χ1) is 13.0. The average Bonchev–Trinajstić information content (AvgIpc) is 2.94. The molecule has 4 nitrogen and oxygen atoms in total. The van der Waals surface area contributed by atoms with E-state index in [1.165, 1.54) is 11.8 Å². The molecule has 0 saturated carbocycles. The van der Waals surface area contributed by atoms with Gasteiger partial charge in [0, 0.05) is 0 Å². The first-order valence-electron chi connectivity index (χ1n) is 8.30. The Hall–Kier alpha value is -2.57. The second kappa shape index (κ2) is 8.41. The van der Waals surface area contributed by atoms with Crippen LogP contribution in [0.3, 0.4) is 0 Å². The summed E-state index contributed by atoms with van der Waals surface area (Å²) in [6, 6.07) is 13.2. The number of carbonyl (C=O) groups excluding carboxylic acids is 1. The summed E-state index contributed by atoms with van der Waals surface area (Å²) in [6.07, 6.45) is 3.48. The zero-order valence-corrected chi connectivity index (χ0v) is 16.7. The van der Waals surface area contributed by atoms with E-state index in [2.05, 4.69) is 6.58 Å². The Morgan fingerprint density at radius 1 is 1.19 bits per heavy atom. The molecule has 0 spiro atoms. The fourth-order valence-electron chi connectivity index (χ4n) is 2.58. The summed E-state index contributed by atoms with van der Waals surface area (Å²) in [6.45, 7) is 6.03. The number of hydrogen-bond donors (Lipinski definition) is 0. The first-order valence-corrected chi connectivity index (χ1v) is 9.52. The number of ether oxygens (including phenoxy) is 2. The van der Waals surface area contributed by atoms with Gasteiger partial charge in [-0.05, 0) is 42.8 Å². The molecular weight excluding hydrogens is 378 g/mol. The lowest BCUT2D eigenvalue weighted by molar-refractivity contribution is -0.113. The molecule has 2 aromatic carbocycles. The normalized spacial score (nSPS) is 15.3. The third kappa shape index (κ3) is 4.23. The van der Waals surface area contributed by atoms with Gasteiger partial charge in [-0.2, -0.15) is 0 Å². The minimum absolute atomic E-state index is 0.125. The molecule has 1 aliphatic heterocycles. The number of rotatable bonds is 6. The van der Waals surface area contributed by atoms with E-state index >= 15 is 0 Å². The summed E-state index contributed by atoms with van der Waals surface area (Å²) in [5.41, 5.74) is 2.74. The number of aryl methyl sites for hydroxylation is 1. The Labute approximate surface area is 168 Å². The lowest BCUT2D eigenvalue weighted by atomic mass is 10.1. The van der Waals surface area contributed by atoms with Crippen molar-refractivity contribution < 1.29 is 14.3 Å². The Bertz CT molecular complexity index is 920. The number of anilines is 1. The molecule has 138 valence electrons. The Balaban J connectivity index is 1.87. The Morgan fingerprint density at radius 2 is 1.93 bits per heavy atom. The molecule has 0 N–H and O–H groups in total. The van der Waals surface area contributed by atoms with Crippen molar-refractivity contribution in [2.45, 2.75) is 6.92 Å². The van der Waals surface area contributed by atoms with Gasteiger partial charge in [-0.15, -0.1) is 0 Å². The molecule has 0 aromatic heterocycles. The number of thioether (sulfide) groups is 1. The van der Waals surface area contributed by atoms with Gasteiger partial charge < -0.3 is 9.47 Å². The summed E-state index contributed by atoms with van der Waals surface area (Å²) in [4.78, 5) is 15.0. The molecule has 0 radical (unpaired) electrons. The molecule has 2 aromatic rings. The smallest absolute Gasteiger partial charge is 0.270 e. The van der Waals surface area contributed by atoms with Crippen LogP contribution in [0.1, 0.15) is 11.1 Å². The van der Waals surface area contributed by atoms with E-state index in [-0.39, 0.29) is 5.91 Å². The highest BCUT2D eigenvalue weighted by molar-refractivity contribution is 8.27. The van der Waals surface area contributed by atoms with Gasteiger partial charge in [-0.3, -0.25) is 9.69 Å². The standard InChI is InChI=1S/C21H19NO3S2/c1-4-11-25-17-10-7-15(12-18(17)24-3)13-19-20(23)22(21(26)27-19)16-8-5-14(2)6-9-16/h4-10,12-13H,1,11H2,2-3H3/b19-13-. The number of methoxy groups -OCH3 is 1.